The lowest BCUT2D eigenvalue weighted by atomic mass is 9.74. The van der Waals surface area contributed by atoms with Crippen molar-refractivity contribution in [2.75, 3.05) is 32.5 Å². The van der Waals surface area contributed by atoms with Crippen molar-refractivity contribution < 1.29 is 0 Å². The van der Waals surface area contributed by atoms with Gasteiger partial charge < -0.3 is 15.2 Å². The van der Waals surface area contributed by atoms with Crippen LogP contribution in [0, 0.1) is 0 Å². The van der Waals surface area contributed by atoms with E-state index < -0.39 is 0 Å². The second kappa shape index (κ2) is 12.6. The van der Waals surface area contributed by atoms with Crippen molar-refractivity contribution >= 4 is 16.9 Å². The summed E-state index contributed by atoms with van der Waals surface area (Å²) in [5.74, 6) is 1.20. The number of aryl methyl sites for hydroxylation is 1. The van der Waals surface area contributed by atoms with Crippen LogP contribution in [0.25, 0.3) is 11.2 Å². The summed E-state index contributed by atoms with van der Waals surface area (Å²) in [7, 11) is 4.46. The number of hydrogen-bond acceptors (Lipinski definition) is 6. The molecule has 7 nitrogen and oxygen atoms in total. The zero-order chi connectivity index (χ0) is 28.3. The molecule has 218 valence electrons. The van der Waals surface area contributed by atoms with Crippen molar-refractivity contribution in [3.05, 3.63) is 54.0 Å². The van der Waals surface area contributed by atoms with E-state index >= 15 is 0 Å². The molecule has 2 N–H and O–H groups in total. The van der Waals surface area contributed by atoms with Gasteiger partial charge in [0.2, 0.25) is 0 Å². The molecule has 1 aliphatic carbocycles. The van der Waals surface area contributed by atoms with Gasteiger partial charge in [-0.1, -0.05) is 50.6 Å². The molecule has 3 heterocycles. The number of fused-ring (bicyclic) bond motifs is 1. The van der Waals surface area contributed by atoms with Crippen LogP contribution in [-0.2, 0) is 12.1 Å². The third kappa shape index (κ3) is 5.93. The van der Waals surface area contributed by atoms with Gasteiger partial charge in [0.05, 0.1) is 17.9 Å². The average Bonchev–Trinajstić information content (AvgIpc) is 3.29. The first kappa shape index (κ1) is 29.0. The number of pyridine rings is 1. The van der Waals surface area contributed by atoms with Crippen LogP contribution in [0.1, 0.15) is 90.1 Å². The van der Waals surface area contributed by atoms with Crippen molar-refractivity contribution in [1.29, 1.82) is 0 Å². The van der Waals surface area contributed by atoms with Crippen LogP contribution in [0.2, 0.25) is 0 Å². The van der Waals surface area contributed by atoms with E-state index in [1.54, 1.807) is 0 Å². The summed E-state index contributed by atoms with van der Waals surface area (Å²) in [4.78, 5) is 15.4. The Hall–Kier alpha value is -2.48. The Kier molecular flexibility index (Phi) is 9.13. The van der Waals surface area contributed by atoms with Gasteiger partial charge >= 0.3 is 0 Å². The molecule has 0 bridgehead atoms. The molecule has 2 aliphatic rings. The molecular weight excluding hydrogens is 494 g/mol. The number of aromatic nitrogens is 3. The van der Waals surface area contributed by atoms with Crippen LogP contribution in [-0.4, -0.2) is 69.6 Å². The van der Waals surface area contributed by atoms with Gasteiger partial charge in [0.15, 0.2) is 5.65 Å². The molecule has 1 unspecified atom stereocenters. The predicted molar refractivity (Wildman–Crippen MR) is 167 cm³/mol. The standard InChI is InChI=1S/C33H51N7/c1-7-12-30(39-22-24(3)35-25(4)23-39)32-37-29-20-28(21-34-31(29)40(32)19-8-2)36-27-15-17-33(18-16-27,38(5)6)26-13-10-9-11-14-26/h9-11,13-14,20-21,24-25,27,30,35-36H,7-8,12,15-19,22-23H2,1-6H3/t24-,25+,27?,30?,33?. The van der Waals surface area contributed by atoms with E-state index in [0.717, 1.165) is 81.4 Å². The quantitative estimate of drug-likeness (QED) is 0.317. The molecule has 40 heavy (non-hydrogen) atoms. The van der Waals surface area contributed by atoms with Crippen LogP contribution in [0.15, 0.2) is 42.6 Å². The van der Waals surface area contributed by atoms with E-state index in [1.165, 1.54) is 11.4 Å². The Morgan fingerprint density at radius 3 is 2.38 bits per heavy atom. The van der Waals surface area contributed by atoms with Crippen LogP contribution in [0.4, 0.5) is 5.69 Å². The second-order valence-electron chi connectivity index (χ2n) is 12.6. The Bertz CT molecular complexity index is 1220. The van der Waals surface area contributed by atoms with E-state index in [9.17, 15) is 0 Å². The Morgan fingerprint density at radius 2 is 1.75 bits per heavy atom. The number of imidazole rings is 1. The number of benzene rings is 1. The molecule has 1 aliphatic heterocycles. The molecule has 1 saturated carbocycles. The van der Waals surface area contributed by atoms with Crippen molar-refractivity contribution in [3.8, 4) is 0 Å². The fourth-order valence-corrected chi connectivity index (χ4v) is 7.40. The number of rotatable bonds is 10. The summed E-state index contributed by atoms with van der Waals surface area (Å²) >= 11 is 0. The van der Waals surface area contributed by atoms with Crippen LogP contribution in [0.3, 0.4) is 0 Å². The minimum Gasteiger partial charge on any atom is -0.381 e. The molecule has 2 aromatic heterocycles. The van der Waals surface area contributed by atoms with Crippen molar-refractivity contribution in [3.63, 3.8) is 0 Å². The predicted octanol–water partition coefficient (Wildman–Crippen LogP) is 6.18. The fraction of sp³-hybridized carbons (Fsp3) is 0.636. The Morgan fingerprint density at radius 1 is 1.05 bits per heavy atom. The SMILES string of the molecule is CCCC(c1nc2cc(NC3CCC(c4ccccc4)(N(C)C)CC3)cnc2n1CCC)N1C[C@@H](C)N[C@@H](C)C1. The molecule has 0 amide bonds. The molecule has 3 atom stereocenters. The summed E-state index contributed by atoms with van der Waals surface area (Å²) in [6.45, 7) is 12.2. The molecule has 5 rings (SSSR count). The average molecular weight is 546 g/mol. The lowest BCUT2D eigenvalue weighted by Gasteiger charge is -2.46. The van der Waals surface area contributed by atoms with Gasteiger partial charge in [-0.05, 0) is 78.1 Å². The molecule has 1 aromatic carbocycles. The normalized spacial score (nSPS) is 26.8. The first-order valence-electron chi connectivity index (χ1n) is 15.7. The van der Waals surface area contributed by atoms with Gasteiger partial charge in [0.1, 0.15) is 11.3 Å². The zero-order valence-corrected chi connectivity index (χ0v) is 25.7. The van der Waals surface area contributed by atoms with Gasteiger partial charge in [-0.3, -0.25) is 9.80 Å². The molecule has 1 saturated heterocycles. The number of anilines is 1. The van der Waals surface area contributed by atoms with Crippen molar-refractivity contribution in [2.45, 2.75) is 109 Å². The summed E-state index contributed by atoms with van der Waals surface area (Å²) in [6, 6.07) is 15.1. The maximum Gasteiger partial charge on any atom is 0.160 e. The number of nitrogens with one attached hydrogen (secondary N) is 2. The Labute approximate surface area is 241 Å². The highest BCUT2D eigenvalue weighted by Gasteiger charge is 2.38. The molecule has 7 heteroatoms. The lowest BCUT2D eigenvalue weighted by Crippen LogP contribution is -2.55. The maximum atomic E-state index is 5.31. The fourth-order valence-electron chi connectivity index (χ4n) is 7.40. The lowest BCUT2D eigenvalue weighted by molar-refractivity contribution is 0.0945. The summed E-state index contributed by atoms with van der Waals surface area (Å²) < 4.78 is 2.41. The second-order valence-corrected chi connectivity index (χ2v) is 12.6. The van der Waals surface area contributed by atoms with E-state index in [1.807, 2.05) is 6.20 Å². The summed E-state index contributed by atoms with van der Waals surface area (Å²) in [5, 5.41) is 7.54. The highest BCUT2D eigenvalue weighted by molar-refractivity contribution is 5.76. The summed E-state index contributed by atoms with van der Waals surface area (Å²) in [5.41, 5.74) is 4.69. The van der Waals surface area contributed by atoms with Crippen LogP contribution < -0.4 is 10.6 Å². The Balaban J connectivity index is 1.36. The minimum atomic E-state index is 0.114. The number of nitrogens with zero attached hydrogens (tertiary/aromatic N) is 5. The first-order valence-corrected chi connectivity index (χ1v) is 15.7. The third-order valence-electron chi connectivity index (χ3n) is 9.30. The van der Waals surface area contributed by atoms with E-state index in [4.69, 9.17) is 9.97 Å². The van der Waals surface area contributed by atoms with Gasteiger partial charge in [0.25, 0.3) is 0 Å². The van der Waals surface area contributed by atoms with Crippen molar-refractivity contribution in [1.82, 2.24) is 29.7 Å². The minimum absolute atomic E-state index is 0.114. The van der Waals surface area contributed by atoms with Gasteiger partial charge in [-0.25, -0.2) is 9.97 Å². The zero-order valence-electron chi connectivity index (χ0n) is 25.7. The molecular formula is C33H51N7. The van der Waals surface area contributed by atoms with Gasteiger partial charge in [0, 0.05) is 43.3 Å². The maximum absolute atomic E-state index is 5.31. The smallest absolute Gasteiger partial charge is 0.160 e. The third-order valence-corrected chi connectivity index (χ3v) is 9.30. The molecule has 0 radical (unpaired) electrons. The first-order chi connectivity index (χ1) is 19.3. The molecule has 0 spiro atoms. The van der Waals surface area contributed by atoms with E-state index in [0.29, 0.717) is 24.2 Å². The highest BCUT2D eigenvalue weighted by Crippen LogP contribution is 2.42. The van der Waals surface area contributed by atoms with Crippen LogP contribution >= 0.6 is 0 Å². The van der Waals surface area contributed by atoms with Crippen molar-refractivity contribution in [2.24, 2.45) is 0 Å². The summed E-state index contributed by atoms with van der Waals surface area (Å²) in [6.07, 6.45) is 9.94. The molecule has 3 aromatic rings. The largest absolute Gasteiger partial charge is 0.381 e. The van der Waals surface area contributed by atoms with Gasteiger partial charge in [-0.15, -0.1) is 0 Å². The monoisotopic (exact) mass is 545 g/mol. The number of hydrogen-bond donors (Lipinski definition) is 2. The molecule has 2 fully saturated rings. The van der Waals surface area contributed by atoms with E-state index in [2.05, 4.69) is 103 Å². The van der Waals surface area contributed by atoms with E-state index in [-0.39, 0.29) is 5.54 Å². The number of piperazine rings is 1. The topological polar surface area (TPSA) is 61.3 Å². The highest BCUT2D eigenvalue weighted by atomic mass is 15.3. The van der Waals surface area contributed by atoms with Gasteiger partial charge in [-0.2, -0.15) is 0 Å². The van der Waals surface area contributed by atoms with Crippen LogP contribution in [0.5, 0.6) is 0 Å².